The van der Waals surface area contributed by atoms with Gasteiger partial charge in [-0.15, -0.1) is 0 Å². The Morgan fingerprint density at radius 2 is 0.966 bits per heavy atom. The first-order valence-corrected chi connectivity index (χ1v) is 26.1. The zero-order valence-electron chi connectivity index (χ0n) is 39.0. The molecule has 0 fully saturated rings. The van der Waals surface area contributed by atoms with Crippen LogP contribution >= 0.6 is 7.82 Å². The number of allylic oxidation sites excluding steroid dienone is 4. The maximum Gasteiger partial charge on any atom is 0.472 e. The number of unbranched alkanes of at least 4 members (excludes halogenated alkanes) is 28. The fourth-order valence-corrected chi connectivity index (χ4v) is 7.67. The molecule has 0 aromatic rings. The van der Waals surface area contributed by atoms with Crippen LogP contribution in [0.1, 0.15) is 226 Å². The van der Waals surface area contributed by atoms with E-state index in [9.17, 15) is 14.3 Å². The van der Waals surface area contributed by atoms with E-state index in [2.05, 4.69) is 38.2 Å². The lowest BCUT2D eigenvalue weighted by Gasteiger charge is -2.24. The molecule has 58 heavy (non-hydrogen) atoms. The average Bonchev–Trinajstić information content (AvgIpc) is 3.18. The Morgan fingerprint density at radius 3 is 1.45 bits per heavy atom. The predicted molar refractivity (Wildman–Crippen MR) is 247 cm³/mol. The predicted octanol–water partition coefficient (Wildman–Crippen LogP) is 14.8. The first-order valence-electron chi connectivity index (χ1n) is 24.6. The molecule has 0 aliphatic rings. The van der Waals surface area contributed by atoms with Gasteiger partial charge < -0.3 is 18.9 Å². The molecule has 0 aromatic heterocycles. The van der Waals surface area contributed by atoms with E-state index in [1.807, 2.05) is 21.1 Å². The van der Waals surface area contributed by atoms with E-state index >= 15 is 0 Å². The van der Waals surface area contributed by atoms with Crippen molar-refractivity contribution < 1.29 is 37.3 Å². The fraction of sp³-hybridized carbons (Fsp3) is 0.898. The molecular formula is C49H97NO7P+. The van der Waals surface area contributed by atoms with Gasteiger partial charge in [-0.1, -0.05) is 205 Å². The Hall–Kier alpha value is -1.02. The van der Waals surface area contributed by atoms with Gasteiger partial charge >= 0.3 is 13.8 Å². The summed E-state index contributed by atoms with van der Waals surface area (Å²) in [5.74, 6) is -0.313. The molecular weight excluding hydrogens is 746 g/mol. The molecule has 0 saturated carbocycles. The molecule has 0 aromatic carbocycles. The highest BCUT2D eigenvalue weighted by Crippen LogP contribution is 2.43. The summed E-state index contributed by atoms with van der Waals surface area (Å²) < 4.78 is 35.1. The monoisotopic (exact) mass is 843 g/mol. The van der Waals surface area contributed by atoms with Gasteiger partial charge in [0.25, 0.3) is 0 Å². The molecule has 0 radical (unpaired) electrons. The summed E-state index contributed by atoms with van der Waals surface area (Å²) >= 11 is 0. The molecule has 0 aliphatic heterocycles. The van der Waals surface area contributed by atoms with Gasteiger partial charge in [-0.25, -0.2) is 4.57 Å². The van der Waals surface area contributed by atoms with Crippen LogP contribution in [0.3, 0.4) is 0 Å². The zero-order chi connectivity index (χ0) is 42.7. The third kappa shape index (κ3) is 46.1. The molecule has 2 atom stereocenters. The van der Waals surface area contributed by atoms with E-state index < -0.39 is 13.9 Å². The van der Waals surface area contributed by atoms with Crippen LogP contribution in [-0.4, -0.2) is 75.6 Å². The van der Waals surface area contributed by atoms with Gasteiger partial charge in [0.2, 0.25) is 0 Å². The second kappa shape index (κ2) is 42.7. The quantitative estimate of drug-likeness (QED) is 0.0215. The maximum atomic E-state index is 12.7. The Morgan fingerprint density at radius 1 is 0.534 bits per heavy atom. The second-order valence-electron chi connectivity index (χ2n) is 17.9. The number of phosphoric acid groups is 1. The number of quaternary nitrogens is 1. The van der Waals surface area contributed by atoms with Crippen LogP contribution in [0.15, 0.2) is 24.3 Å². The minimum absolute atomic E-state index is 0.0885. The Balaban J connectivity index is 4.12. The first-order chi connectivity index (χ1) is 28.1. The molecule has 0 aliphatic carbocycles. The SMILES string of the molecule is CCCC/C=C\C/C=C\CCCCCCCCOCC(COP(=O)(O)OCC[N+](C)(C)C)OC(=O)CCCCCCCCCCCCCCCCCCCCCCC. The van der Waals surface area contributed by atoms with Crippen molar-refractivity contribution in [3.63, 3.8) is 0 Å². The largest absolute Gasteiger partial charge is 0.472 e. The molecule has 8 nitrogen and oxygen atoms in total. The number of phosphoric ester groups is 1. The first kappa shape index (κ1) is 57.0. The minimum Gasteiger partial charge on any atom is -0.457 e. The number of esters is 1. The van der Waals surface area contributed by atoms with Gasteiger partial charge in [0.1, 0.15) is 19.3 Å². The van der Waals surface area contributed by atoms with E-state index in [4.69, 9.17) is 18.5 Å². The number of hydrogen-bond donors (Lipinski definition) is 1. The van der Waals surface area contributed by atoms with E-state index in [-0.39, 0.29) is 25.8 Å². The number of likely N-dealkylation sites (N-methyl/N-ethyl adjacent to an activating group) is 1. The Kier molecular flexibility index (Phi) is 41.9. The summed E-state index contributed by atoms with van der Waals surface area (Å²) in [7, 11) is 1.67. The maximum absolute atomic E-state index is 12.7. The van der Waals surface area contributed by atoms with Gasteiger partial charge in [-0.05, 0) is 38.5 Å². The van der Waals surface area contributed by atoms with Crippen molar-refractivity contribution in [2.45, 2.75) is 232 Å². The third-order valence-electron chi connectivity index (χ3n) is 10.8. The standard InChI is InChI=1S/C49H96NO7P/c1-6-8-10-12-14-16-18-20-22-23-24-25-26-27-28-30-32-34-36-38-40-42-49(51)57-48(47-56-58(52,53)55-45-43-50(3,4)5)46-54-44-41-39-37-35-33-31-29-21-19-17-15-13-11-9-7-2/h13,15,19,21,48H,6-12,14,16-18,20,22-47H2,1-5H3/p+1/b15-13-,21-19-. The summed E-state index contributed by atoms with van der Waals surface area (Å²) in [5.41, 5.74) is 0. The summed E-state index contributed by atoms with van der Waals surface area (Å²) in [4.78, 5) is 23.0. The molecule has 0 rings (SSSR count). The van der Waals surface area contributed by atoms with Crippen molar-refractivity contribution in [2.75, 3.05) is 54.1 Å². The summed E-state index contributed by atoms with van der Waals surface area (Å²) in [6, 6.07) is 0. The Bertz CT molecular complexity index is 983. The van der Waals surface area contributed by atoms with Crippen LogP contribution in [0.25, 0.3) is 0 Å². The van der Waals surface area contributed by atoms with E-state index in [1.54, 1.807) is 0 Å². The lowest BCUT2D eigenvalue weighted by atomic mass is 10.0. The average molecular weight is 843 g/mol. The van der Waals surface area contributed by atoms with Crippen molar-refractivity contribution >= 4 is 13.8 Å². The van der Waals surface area contributed by atoms with Gasteiger partial charge in [0, 0.05) is 13.0 Å². The summed E-state index contributed by atoms with van der Waals surface area (Å²) in [6.07, 6.45) is 49.3. The number of ether oxygens (including phenoxy) is 2. The smallest absolute Gasteiger partial charge is 0.457 e. The molecule has 1 N–H and O–H groups in total. The van der Waals surface area contributed by atoms with Crippen molar-refractivity contribution in [1.29, 1.82) is 0 Å². The number of hydrogen-bond acceptors (Lipinski definition) is 6. The zero-order valence-corrected chi connectivity index (χ0v) is 39.9. The topological polar surface area (TPSA) is 91.3 Å². The van der Waals surface area contributed by atoms with E-state index in [1.165, 1.54) is 161 Å². The molecule has 0 bridgehead atoms. The van der Waals surface area contributed by atoms with Crippen LogP contribution in [0.4, 0.5) is 0 Å². The van der Waals surface area contributed by atoms with Gasteiger partial charge in [0.15, 0.2) is 0 Å². The molecule has 2 unspecified atom stereocenters. The van der Waals surface area contributed by atoms with Crippen molar-refractivity contribution in [1.82, 2.24) is 0 Å². The molecule has 344 valence electrons. The van der Waals surface area contributed by atoms with Gasteiger partial charge in [-0.3, -0.25) is 13.8 Å². The highest BCUT2D eigenvalue weighted by Gasteiger charge is 2.26. The lowest BCUT2D eigenvalue weighted by Crippen LogP contribution is -2.37. The van der Waals surface area contributed by atoms with Crippen LogP contribution in [-0.2, 0) is 27.9 Å². The minimum atomic E-state index is -4.28. The highest BCUT2D eigenvalue weighted by atomic mass is 31.2. The number of carbonyl (C=O) groups excluding carboxylic acids is 1. The third-order valence-corrected chi connectivity index (χ3v) is 11.7. The summed E-state index contributed by atoms with van der Waals surface area (Å²) in [5, 5.41) is 0. The number of nitrogens with zero attached hydrogens (tertiary/aromatic N) is 1. The number of rotatable bonds is 46. The second-order valence-corrected chi connectivity index (χ2v) is 19.3. The van der Waals surface area contributed by atoms with Crippen LogP contribution in [0.5, 0.6) is 0 Å². The van der Waals surface area contributed by atoms with E-state index in [0.29, 0.717) is 24.1 Å². The van der Waals surface area contributed by atoms with Crippen molar-refractivity contribution in [2.24, 2.45) is 0 Å². The van der Waals surface area contributed by atoms with Crippen LogP contribution in [0.2, 0.25) is 0 Å². The lowest BCUT2D eigenvalue weighted by molar-refractivity contribution is -0.870. The van der Waals surface area contributed by atoms with Crippen LogP contribution in [0, 0.1) is 0 Å². The van der Waals surface area contributed by atoms with Crippen molar-refractivity contribution in [3.8, 4) is 0 Å². The Labute approximate surface area is 360 Å². The number of carbonyl (C=O) groups is 1. The summed E-state index contributed by atoms with van der Waals surface area (Å²) in [6.45, 7) is 5.60. The van der Waals surface area contributed by atoms with Gasteiger partial charge in [0.05, 0.1) is 34.4 Å². The van der Waals surface area contributed by atoms with Gasteiger partial charge in [-0.2, -0.15) is 0 Å². The van der Waals surface area contributed by atoms with Crippen molar-refractivity contribution in [3.05, 3.63) is 24.3 Å². The molecule has 0 heterocycles. The molecule has 9 heteroatoms. The normalized spacial score (nSPS) is 13.8. The van der Waals surface area contributed by atoms with E-state index in [0.717, 1.165) is 44.9 Å². The highest BCUT2D eigenvalue weighted by molar-refractivity contribution is 7.47. The molecule has 0 amide bonds. The fourth-order valence-electron chi connectivity index (χ4n) is 6.92. The molecule has 0 saturated heterocycles. The molecule has 0 spiro atoms. The van der Waals surface area contributed by atoms with Crippen LogP contribution < -0.4 is 0 Å².